The summed E-state index contributed by atoms with van der Waals surface area (Å²) in [6.07, 6.45) is 3.46. The highest BCUT2D eigenvalue weighted by Gasteiger charge is 2.29. The molecule has 1 N–H and O–H groups in total. The number of carbonyl (C=O) groups excluding carboxylic acids is 2. The zero-order chi connectivity index (χ0) is 17.1. The van der Waals surface area contributed by atoms with Crippen LogP contribution in [0.5, 0.6) is 0 Å². The molecular formula is C17H19FN4O2. The minimum absolute atomic E-state index is 0.138. The predicted molar refractivity (Wildman–Crippen MR) is 86.2 cm³/mol. The van der Waals surface area contributed by atoms with Gasteiger partial charge in [-0.25, -0.2) is 4.39 Å². The van der Waals surface area contributed by atoms with Crippen LogP contribution >= 0.6 is 0 Å². The Morgan fingerprint density at radius 2 is 2.17 bits per heavy atom. The summed E-state index contributed by atoms with van der Waals surface area (Å²) in [6.45, 7) is 1.00. The van der Waals surface area contributed by atoms with Crippen LogP contribution in [0.4, 0.5) is 4.39 Å². The maximum atomic E-state index is 13.7. The molecule has 1 aliphatic rings. The summed E-state index contributed by atoms with van der Waals surface area (Å²) in [6, 6.07) is 6.91. The van der Waals surface area contributed by atoms with E-state index in [2.05, 4.69) is 10.4 Å². The van der Waals surface area contributed by atoms with E-state index < -0.39 is 0 Å². The van der Waals surface area contributed by atoms with Gasteiger partial charge in [0.25, 0.3) is 0 Å². The van der Waals surface area contributed by atoms with Crippen molar-refractivity contribution in [1.29, 1.82) is 0 Å². The van der Waals surface area contributed by atoms with E-state index >= 15 is 0 Å². The third-order valence-electron chi connectivity index (χ3n) is 4.32. The summed E-state index contributed by atoms with van der Waals surface area (Å²) in [4.78, 5) is 24.6. The summed E-state index contributed by atoms with van der Waals surface area (Å²) in [5, 5.41) is 6.74. The van der Waals surface area contributed by atoms with E-state index in [1.165, 1.54) is 15.8 Å². The van der Waals surface area contributed by atoms with Crippen molar-refractivity contribution >= 4 is 12.3 Å². The molecule has 2 aromatic rings. The molecule has 7 heteroatoms. The molecule has 0 bridgehead atoms. The first-order chi connectivity index (χ1) is 11.6. The zero-order valence-corrected chi connectivity index (χ0v) is 13.4. The van der Waals surface area contributed by atoms with Crippen LogP contribution in [-0.2, 0) is 23.2 Å². The molecule has 0 spiro atoms. The van der Waals surface area contributed by atoms with E-state index in [0.29, 0.717) is 25.2 Å². The van der Waals surface area contributed by atoms with Crippen molar-refractivity contribution in [3.63, 3.8) is 0 Å². The molecule has 0 aliphatic carbocycles. The highest BCUT2D eigenvalue weighted by molar-refractivity contribution is 5.84. The van der Waals surface area contributed by atoms with Crippen LogP contribution in [0.1, 0.15) is 18.4 Å². The van der Waals surface area contributed by atoms with Crippen LogP contribution in [0.2, 0.25) is 0 Å². The number of hydrogen-bond acceptors (Lipinski definition) is 3. The van der Waals surface area contributed by atoms with Gasteiger partial charge in [0.2, 0.25) is 12.3 Å². The maximum Gasteiger partial charge on any atom is 0.243 e. The van der Waals surface area contributed by atoms with Crippen molar-refractivity contribution < 1.29 is 14.0 Å². The van der Waals surface area contributed by atoms with E-state index in [1.54, 1.807) is 19.2 Å². The number of rotatable bonds is 5. The number of carbonyl (C=O) groups is 2. The van der Waals surface area contributed by atoms with Gasteiger partial charge >= 0.3 is 0 Å². The predicted octanol–water partition coefficient (Wildman–Crippen LogP) is 1.46. The lowest BCUT2D eigenvalue weighted by atomic mass is 10.1. The van der Waals surface area contributed by atoms with Crippen LogP contribution in [-0.4, -0.2) is 39.6 Å². The van der Waals surface area contributed by atoms with Gasteiger partial charge in [-0.05, 0) is 18.4 Å². The molecule has 1 fully saturated rings. The molecule has 1 atom stereocenters. The largest absolute Gasteiger partial charge is 0.350 e. The van der Waals surface area contributed by atoms with Crippen LogP contribution in [0.25, 0.3) is 11.3 Å². The summed E-state index contributed by atoms with van der Waals surface area (Å²) < 4.78 is 15.2. The van der Waals surface area contributed by atoms with E-state index in [9.17, 15) is 14.0 Å². The zero-order valence-electron chi connectivity index (χ0n) is 13.4. The third-order valence-corrected chi connectivity index (χ3v) is 4.32. The number of amides is 2. The lowest BCUT2D eigenvalue weighted by molar-refractivity contribution is -0.131. The minimum Gasteiger partial charge on any atom is -0.350 e. The van der Waals surface area contributed by atoms with Gasteiger partial charge in [0, 0.05) is 25.7 Å². The van der Waals surface area contributed by atoms with Crippen molar-refractivity contribution in [2.75, 3.05) is 6.54 Å². The van der Waals surface area contributed by atoms with E-state index in [0.717, 1.165) is 24.0 Å². The SMILES string of the molecule is Cn1ncc(F)c1-c1ccc(CNC(=O)C2CCCN2C=O)cc1. The van der Waals surface area contributed by atoms with E-state index in [-0.39, 0.29) is 17.8 Å². The number of aromatic nitrogens is 2. The quantitative estimate of drug-likeness (QED) is 0.844. The molecule has 126 valence electrons. The maximum absolute atomic E-state index is 13.7. The van der Waals surface area contributed by atoms with Gasteiger partial charge in [0.1, 0.15) is 11.7 Å². The number of hydrogen-bond donors (Lipinski definition) is 1. The molecule has 1 aromatic carbocycles. The molecule has 1 aromatic heterocycles. The fourth-order valence-electron chi connectivity index (χ4n) is 3.02. The van der Waals surface area contributed by atoms with Crippen molar-refractivity contribution in [2.24, 2.45) is 7.05 Å². The van der Waals surface area contributed by atoms with E-state index in [4.69, 9.17) is 0 Å². The highest BCUT2D eigenvalue weighted by Crippen LogP contribution is 2.22. The molecule has 2 heterocycles. The Kier molecular flexibility index (Phi) is 4.59. The van der Waals surface area contributed by atoms with E-state index in [1.807, 2.05) is 12.1 Å². The summed E-state index contributed by atoms with van der Waals surface area (Å²) in [7, 11) is 1.69. The molecule has 24 heavy (non-hydrogen) atoms. The lowest BCUT2D eigenvalue weighted by Crippen LogP contribution is -2.42. The van der Waals surface area contributed by atoms with Gasteiger partial charge in [0.05, 0.1) is 6.20 Å². The van der Waals surface area contributed by atoms with Crippen molar-refractivity contribution in [2.45, 2.75) is 25.4 Å². The van der Waals surface area contributed by atoms with Crippen LogP contribution in [0.3, 0.4) is 0 Å². The molecule has 0 radical (unpaired) electrons. The van der Waals surface area contributed by atoms with Gasteiger partial charge in [-0.3, -0.25) is 14.3 Å². The Morgan fingerprint density at radius 3 is 2.79 bits per heavy atom. The Labute approximate surface area is 139 Å². The fraction of sp³-hybridized carbons (Fsp3) is 0.353. The molecule has 3 rings (SSSR count). The molecule has 1 unspecified atom stereocenters. The van der Waals surface area contributed by atoms with Crippen LogP contribution in [0.15, 0.2) is 30.5 Å². The van der Waals surface area contributed by atoms with Crippen LogP contribution < -0.4 is 5.32 Å². The fourth-order valence-corrected chi connectivity index (χ4v) is 3.02. The number of nitrogens with zero attached hydrogens (tertiary/aromatic N) is 3. The Morgan fingerprint density at radius 1 is 1.42 bits per heavy atom. The van der Waals surface area contributed by atoms with Crippen molar-refractivity contribution in [3.8, 4) is 11.3 Å². The second-order valence-electron chi connectivity index (χ2n) is 5.88. The molecule has 2 amide bonds. The highest BCUT2D eigenvalue weighted by atomic mass is 19.1. The first-order valence-corrected chi connectivity index (χ1v) is 7.85. The number of nitrogens with one attached hydrogen (secondary N) is 1. The first-order valence-electron chi connectivity index (χ1n) is 7.85. The summed E-state index contributed by atoms with van der Waals surface area (Å²) >= 11 is 0. The first kappa shape index (κ1) is 16.2. The van der Waals surface area contributed by atoms with Gasteiger partial charge in [-0.1, -0.05) is 24.3 Å². The standard InChI is InChI=1S/C17H19FN4O2/c1-21-16(14(18)10-20-21)13-6-4-12(5-7-13)9-19-17(24)15-3-2-8-22(15)11-23/h4-7,10-11,15H,2-3,8-9H2,1H3,(H,19,24). The average molecular weight is 330 g/mol. The second kappa shape index (κ2) is 6.82. The molecular weight excluding hydrogens is 311 g/mol. The van der Waals surface area contributed by atoms with Crippen molar-refractivity contribution in [3.05, 3.63) is 41.8 Å². The van der Waals surface area contributed by atoms with Gasteiger partial charge in [0.15, 0.2) is 5.82 Å². The monoisotopic (exact) mass is 330 g/mol. The number of likely N-dealkylation sites (tertiary alicyclic amines) is 1. The minimum atomic E-state index is -0.370. The Balaban J connectivity index is 1.63. The Bertz CT molecular complexity index is 722. The van der Waals surface area contributed by atoms with Crippen LogP contribution in [0, 0.1) is 5.82 Å². The number of benzene rings is 1. The molecule has 1 saturated heterocycles. The van der Waals surface area contributed by atoms with Crippen molar-refractivity contribution in [1.82, 2.24) is 20.0 Å². The summed E-state index contributed by atoms with van der Waals surface area (Å²) in [5.74, 6) is -0.505. The molecule has 0 saturated carbocycles. The summed E-state index contributed by atoms with van der Waals surface area (Å²) in [5.41, 5.74) is 2.06. The lowest BCUT2D eigenvalue weighted by Gasteiger charge is -2.19. The molecule has 6 nitrogen and oxygen atoms in total. The average Bonchev–Trinajstić information content (AvgIpc) is 3.20. The third kappa shape index (κ3) is 3.15. The normalized spacial score (nSPS) is 17.1. The Hall–Kier alpha value is -2.70. The van der Waals surface area contributed by atoms with Gasteiger partial charge in [-0.15, -0.1) is 0 Å². The smallest absolute Gasteiger partial charge is 0.243 e. The number of aryl methyl sites for hydroxylation is 1. The molecule has 1 aliphatic heterocycles. The topological polar surface area (TPSA) is 67.2 Å². The number of halogens is 1. The van der Waals surface area contributed by atoms with Gasteiger partial charge < -0.3 is 10.2 Å². The second-order valence-corrected chi connectivity index (χ2v) is 5.88. The van der Waals surface area contributed by atoms with Gasteiger partial charge in [-0.2, -0.15) is 5.10 Å².